The van der Waals surface area contributed by atoms with E-state index in [-0.39, 0.29) is 5.92 Å². The van der Waals surface area contributed by atoms with Crippen LogP contribution in [0.15, 0.2) is 0 Å². The lowest BCUT2D eigenvalue weighted by Crippen LogP contribution is -2.49. The highest BCUT2D eigenvalue weighted by Crippen LogP contribution is 2.31. The Kier molecular flexibility index (Phi) is 6.34. The maximum absolute atomic E-state index is 12.8. The molecule has 1 aliphatic carbocycles. The molecule has 2 unspecified atom stereocenters. The van der Waals surface area contributed by atoms with Crippen LogP contribution in [-0.2, 0) is 4.79 Å². The number of nitrogens with one attached hydrogen (secondary N) is 1. The molecule has 0 aromatic rings. The Morgan fingerprint density at radius 3 is 2.60 bits per heavy atom. The van der Waals surface area contributed by atoms with E-state index >= 15 is 0 Å². The van der Waals surface area contributed by atoms with Gasteiger partial charge in [0.2, 0.25) is 5.91 Å². The molecule has 20 heavy (non-hydrogen) atoms. The second kappa shape index (κ2) is 8.02. The third kappa shape index (κ3) is 4.21. The molecule has 2 atom stereocenters. The summed E-state index contributed by atoms with van der Waals surface area (Å²) in [5.41, 5.74) is 0. The highest BCUT2D eigenvalue weighted by atomic mass is 16.2. The first kappa shape index (κ1) is 15.8. The van der Waals surface area contributed by atoms with Crippen molar-refractivity contribution in [1.82, 2.24) is 10.2 Å². The summed E-state index contributed by atoms with van der Waals surface area (Å²) in [6, 6.07) is 0.500. The quantitative estimate of drug-likeness (QED) is 0.839. The lowest BCUT2D eigenvalue weighted by molar-refractivity contribution is -0.137. The van der Waals surface area contributed by atoms with Crippen LogP contribution >= 0.6 is 0 Å². The van der Waals surface area contributed by atoms with Crippen LogP contribution in [0.4, 0.5) is 0 Å². The molecule has 1 N–H and O–H groups in total. The first-order valence-electron chi connectivity index (χ1n) is 8.70. The van der Waals surface area contributed by atoms with Crippen molar-refractivity contribution in [2.45, 2.75) is 70.8 Å². The molecule has 3 heteroatoms. The topological polar surface area (TPSA) is 32.3 Å². The lowest BCUT2D eigenvalue weighted by Gasteiger charge is -2.35. The molecule has 0 aromatic heterocycles. The van der Waals surface area contributed by atoms with E-state index in [2.05, 4.69) is 17.1 Å². The van der Waals surface area contributed by atoms with Crippen LogP contribution in [0, 0.1) is 11.8 Å². The molecule has 2 rings (SSSR count). The Hall–Kier alpha value is -0.570. The maximum atomic E-state index is 12.8. The molecular formula is C17H32N2O. The van der Waals surface area contributed by atoms with Crippen molar-refractivity contribution in [1.29, 1.82) is 0 Å². The van der Waals surface area contributed by atoms with Gasteiger partial charge in [0.1, 0.15) is 0 Å². The number of likely N-dealkylation sites (N-methyl/N-ethyl adjacent to an activating group) is 1. The number of piperidine rings is 1. The largest absolute Gasteiger partial charge is 0.341 e. The summed E-state index contributed by atoms with van der Waals surface area (Å²) in [4.78, 5) is 14.9. The number of nitrogens with zero attached hydrogens (tertiary/aromatic N) is 1. The van der Waals surface area contributed by atoms with Crippen LogP contribution in [0.1, 0.15) is 64.7 Å². The van der Waals surface area contributed by atoms with Gasteiger partial charge in [0, 0.05) is 25.0 Å². The molecule has 1 aliphatic heterocycles. The second-order valence-electron chi connectivity index (χ2n) is 6.76. The fraction of sp³-hybridized carbons (Fsp3) is 0.941. The van der Waals surface area contributed by atoms with Crippen molar-refractivity contribution in [3.63, 3.8) is 0 Å². The van der Waals surface area contributed by atoms with E-state index in [4.69, 9.17) is 0 Å². The van der Waals surface area contributed by atoms with Crippen molar-refractivity contribution in [2.75, 3.05) is 20.1 Å². The van der Waals surface area contributed by atoms with Crippen LogP contribution in [0.5, 0.6) is 0 Å². The molecule has 116 valence electrons. The number of hydrogen-bond acceptors (Lipinski definition) is 2. The van der Waals surface area contributed by atoms with Crippen molar-refractivity contribution < 1.29 is 4.79 Å². The molecule has 1 heterocycles. The van der Waals surface area contributed by atoms with Gasteiger partial charge in [-0.1, -0.05) is 39.0 Å². The maximum Gasteiger partial charge on any atom is 0.225 e. The number of likely N-dealkylation sites (tertiary alicyclic amines) is 1. The van der Waals surface area contributed by atoms with E-state index < -0.39 is 0 Å². The highest BCUT2D eigenvalue weighted by Gasteiger charge is 2.29. The Labute approximate surface area is 124 Å². The lowest BCUT2D eigenvalue weighted by atomic mass is 9.81. The normalized spacial score (nSPS) is 26.5. The monoisotopic (exact) mass is 280 g/mol. The van der Waals surface area contributed by atoms with E-state index in [1.807, 2.05) is 7.05 Å². The van der Waals surface area contributed by atoms with Crippen LogP contribution in [0.2, 0.25) is 0 Å². The molecule has 3 nitrogen and oxygen atoms in total. The summed E-state index contributed by atoms with van der Waals surface area (Å²) in [5, 5.41) is 3.33. The zero-order valence-corrected chi connectivity index (χ0v) is 13.4. The van der Waals surface area contributed by atoms with Gasteiger partial charge in [0.25, 0.3) is 0 Å². The van der Waals surface area contributed by atoms with E-state index in [0.29, 0.717) is 11.9 Å². The Balaban J connectivity index is 1.87. The van der Waals surface area contributed by atoms with E-state index in [1.165, 1.54) is 38.5 Å². The number of hydrogen-bond donors (Lipinski definition) is 1. The zero-order valence-electron chi connectivity index (χ0n) is 13.4. The van der Waals surface area contributed by atoms with Gasteiger partial charge in [-0.3, -0.25) is 4.79 Å². The minimum atomic E-state index is 0.272. The minimum Gasteiger partial charge on any atom is -0.341 e. The van der Waals surface area contributed by atoms with E-state index in [1.54, 1.807) is 0 Å². The first-order chi connectivity index (χ1) is 9.74. The molecule has 0 bridgehead atoms. The molecule has 1 amide bonds. The van der Waals surface area contributed by atoms with Crippen molar-refractivity contribution in [3.8, 4) is 0 Å². The van der Waals surface area contributed by atoms with E-state index in [0.717, 1.165) is 38.3 Å². The molecule has 0 spiro atoms. The molecule has 2 aliphatic rings. The standard InChI is InChI=1S/C17H32N2O/c1-3-15(12-14-8-5-4-6-9-14)17(20)19-11-7-10-16(13-19)18-2/h14-16,18H,3-13H2,1-2H3. The van der Waals surface area contributed by atoms with Crippen molar-refractivity contribution in [2.24, 2.45) is 11.8 Å². The zero-order chi connectivity index (χ0) is 14.4. The fourth-order valence-corrected chi connectivity index (χ4v) is 3.94. The number of carbonyl (C=O) groups excluding carboxylic acids is 1. The third-order valence-corrected chi connectivity index (χ3v) is 5.33. The second-order valence-corrected chi connectivity index (χ2v) is 6.76. The summed E-state index contributed by atoms with van der Waals surface area (Å²) in [6.07, 6.45) is 11.4. The number of carbonyl (C=O) groups is 1. The van der Waals surface area contributed by atoms with Crippen LogP contribution in [0.25, 0.3) is 0 Å². The molecule has 1 saturated heterocycles. The Morgan fingerprint density at radius 2 is 1.95 bits per heavy atom. The van der Waals surface area contributed by atoms with Gasteiger partial charge in [-0.2, -0.15) is 0 Å². The van der Waals surface area contributed by atoms with Crippen molar-refractivity contribution in [3.05, 3.63) is 0 Å². The smallest absolute Gasteiger partial charge is 0.225 e. The SMILES string of the molecule is CCC(CC1CCCCC1)C(=O)N1CCCC(NC)C1. The van der Waals surface area contributed by atoms with Gasteiger partial charge in [0.05, 0.1) is 0 Å². The van der Waals surface area contributed by atoms with Gasteiger partial charge < -0.3 is 10.2 Å². The van der Waals surface area contributed by atoms with E-state index in [9.17, 15) is 4.79 Å². The average molecular weight is 280 g/mol. The predicted molar refractivity (Wildman–Crippen MR) is 83.6 cm³/mol. The fourth-order valence-electron chi connectivity index (χ4n) is 3.94. The van der Waals surface area contributed by atoms with Crippen molar-refractivity contribution >= 4 is 5.91 Å². The van der Waals surface area contributed by atoms with Gasteiger partial charge >= 0.3 is 0 Å². The van der Waals surface area contributed by atoms with Crippen LogP contribution in [0.3, 0.4) is 0 Å². The van der Waals surface area contributed by atoms with Gasteiger partial charge in [-0.25, -0.2) is 0 Å². The number of rotatable bonds is 5. The average Bonchev–Trinajstić information content (AvgIpc) is 2.53. The summed E-state index contributed by atoms with van der Waals surface area (Å²) in [5.74, 6) is 1.51. The summed E-state index contributed by atoms with van der Waals surface area (Å²) in [6.45, 7) is 4.07. The Morgan fingerprint density at radius 1 is 1.20 bits per heavy atom. The molecular weight excluding hydrogens is 248 g/mol. The molecule has 0 aromatic carbocycles. The minimum absolute atomic E-state index is 0.272. The third-order valence-electron chi connectivity index (χ3n) is 5.33. The van der Waals surface area contributed by atoms with Crippen LogP contribution < -0.4 is 5.32 Å². The van der Waals surface area contributed by atoms with Gasteiger partial charge in [-0.15, -0.1) is 0 Å². The first-order valence-corrected chi connectivity index (χ1v) is 8.70. The molecule has 2 fully saturated rings. The molecule has 0 radical (unpaired) electrons. The van der Waals surface area contributed by atoms with Gasteiger partial charge in [0.15, 0.2) is 0 Å². The van der Waals surface area contributed by atoms with Crippen LogP contribution in [-0.4, -0.2) is 37.0 Å². The summed E-state index contributed by atoms with van der Waals surface area (Å²) >= 11 is 0. The number of amides is 1. The molecule has 1 saturated carbocycles. The highest BCUT2D eigenvalue weighted by molar-refractivity contribution is 5.79. The predicted octanol–water partition coefficient (Wildman–Crippen LogP) is 3.19. The Bertz CT molecular complexity index is 299. The van der Waals surface area contributed by atoms with Gasteiger partial charge in [-0.05, 0) is 38.6 Å². The summed E-state index contributed by atoms with van der Waals surface area (Å²) in [7, 11) is 2.01. The summed E-state index contributed by atoms with van der Waals surface area (Å²) < 4.78 is 0.